The van der Waals surface area contributed by atoms with E-state index in [2.05, 4.69) is 38.9 Å². The lowest BCUT2D eigenvalue weighted by molar-refractivity contribution is -0.0696. The quantitative estimate of drug-likeness (QED) is 0.193. The predicted molar refractivity (Wildman–Crippen MR) is 177 cm³/mol. The number of allylic oxidation sites excluding steroid dienone is 2. The molecule has 0 bridgehead atoms. The van der Waals surface area contributed by atoms with E-state index < -0.39 is 23.4 Å². The van der Waals surface area contributed by atoms with Gasteiger partial charge >= 0.3 is 6.18 Å². The number of hydrogen-bond acceptors (Lipinski definition) is 3. The van der Waals surface area contributed by atoms with Crippen molar-refractivity contribution < 1.29 is 27.1 Å². The molecule has 3 aromatic carbocycles. The number of halogens is 5. The number of alkyl halides is 3. The molecule has 3 nitrogen and oxygen atoms in total. The van der Waals surface area contributed by atoms with Crippen LogP contribution in [-0.2, 0) is 0 Å². The van der Waals surface area contributed by atoms with E-state index in [0.717, 1.165) is 23.3 Å². The average molecular weight is 627 g/mol. The Morgan fingerprint density at radius 2 is 1.49 bits per heavy atom. The number of aliphatic hydroxyl groups excluding tert-OH is 1. The van der Waals surface area contributed by atoms with Gasteiger partial charge in [0.15, 0.2) is 0 Å². The lowest BCUT2D eigenvalue weighted by Crippen LogP contribution is -2.30. The van der Waals surface area contributed by atoms with Gasteiger partial charge in [0.2, 0.25) is 0 Å². The summed E-state index contributed by atoms with van der Waals surface area (Å²) in [6, 6.07) is 17.9. The number of nitrogens with one attached hydrogen (secondary N) is 1. The molecule has 1 aliphatic rings. The molecular formula is C37H43F5N2O. The number of benzene rings is 3. The third-order valence-electron chi connectivity index (χ3n) is 7.27. The maximum Gasteiger partial charge on any atom is 0.417 e. The van der Waals surface area contributed by atoms with Gasteiger partial charge < -0.3 is 15.3 Å². The van der Waals surface area contributed by atoms with Gasteiger partial charge in [0.05, 0.1) is 17.7 Å². The first kappa shape index (κ1) is 36.9. The highest BCUT2D eigenvalue weighted by molar-refractivity contribution is 5.89. The van der Waals surface area contributed by atoms with E-state index in [1.807, 2.05) is 38.1 Å². The molecule has 4 rings (SSSR count). The zero-order chi connectivity index (χ0) is 33.9. The third kappa shape index (κ3) is 9.58. The maximum absolute atomic E-state index is 14.1. The lowest BCUT2D eigenvalue weighted by Gasteiger charge is -2.37. The summed E-state index contributed by atoms with van der Waals surface area (Å²) < 4.78 is 68.8. The summed E-state index contributed by atoms with van der Waals surface area (Å²) in [5.41, 5.74) is 2.63. The Morgan fingerprint density at radius 3 is 2.00 bits per heavy atom. The molecule has 0 fully saturated rings. The topological polar surface area (TPSA) is 35.5 Å². The Morgan fingerprint density at radius 1 is 0.911 bits per heavy atom. The molecule has 1 atom stereocenters. The average Bonchev–Trinajstić information content (AvgIpc) is 2.98. The Balaban J connectivity index is 0.000000314. The van der Waals surface area contributed by atoms with E-state index in [4.69, 9.17) is 5.11 Å². The van der Waals surface area contributed by atoms with E-state index in [9.17, 15) is 22.0 Å². The van der Waals surface area contributed by atoms with Gasteiger partial charge in [-0.1, -0.05) is 107 Å². The Labute approximate surface area is 264 Å². The van der Waals surface area contributed by atoms with E-state index >= 15 is 0 Å². The van der Waals surface area contributed by atoms with E-state index in [1.165, 1.54) is 18.9 Å². The fraction of sp³-hybridized carbons (Fsp3) is 0.297. The molecule has 242 valence electrons. The van der Waals surface area contributed by atoms with Crippen LogP contribution in [0.25, 0.3) is 11.3 Å². The van der Waals surface area contributed by atoms with Crippen LogP contribution in [0, 0.1) is 18.6 Å². The minimum Gasteiger partial charge on any atom is -0.511 e. The van der Waals surface area contributed by atoms with Gasteiger partial charge in [0.25, 0.3) is 0 Å². The zero-order valence-electron chi connectivity index (χ0n) is 26.7. The summed E-state index contributed by atoms with van der Waals surface area (Å²) in [6.45, 7) is 19.0. The number of para-hydroxylation sites is 1. The third-order valence-corrected chi connectivity index (χ3v) is 7.27. The number of unbranched alkanes of at least 4 members (excludes halogenated alkanes) is 1. The van der Waals surface area contributed by atoms with Crippen LogP contribution < -0.4 is 10.2 Å². The van der Waals surface area contributed by atoms with Crippen molar-refractivity contribution in [3.63, 3.8) is 0 Å². The van der Waals surface area contributed by atoms with Crippen molar-refractivity contribution in [2.24, 2.45) is 0 Å². The van der Waals surface area contributed by atoms with Crippen LogP contribution in [0.3, 0.4) is 0 Å². The standard InChI is InChI=1S/C22H22F3N.C11H11F2NO.C4H10/c1-5-17(16-10-8-9-14(2)13-16)20-15(3)26(4)19-12-7-6-11-18(19)21(20)22(23,24)25;1-7(15)6-14-8(2)11-9(12)4-3-5-10(11)13;1-3-4-2/h6-13,17H,3,5H2,1-2,4H3;3-5,14-15H,1-2,6H2;3-4H2,1-2H3. The minimum atomic E-state index is -4.45. The predicted octanol–water partition coefficient (Wildman–Crippen LogP) is 10.9. The summed E-state index contributed by atoms with van der Waals surface area (Å²) in [6.07, 6.45) is -1.25. The van der Waals surface area contributed by atoms with E-state index in [1.54, 1.807) is 36.2 Å². The molecule has 0 saturated heterocycles. The number of fused-ring (bicyclic) bond motifs is 1. The number of anilines is 1. The maximum atomic E-state index is 14.1. The van der Waals surface area contributed by atoms with Crippen molar-refractivity contribution in [2.75, 3.05) is 18.5 Å². The molecule has 1 aliphatic heterocycles. The van der Waals surface area contributed by atoms with Gasteiger partial charge in [-0.25, -0.2) is 8.78 Å². The largest absolute Gasteiger partial charge is 0.511 e. The molecule has 0 amide bonds. The molecule has 1 unspecified atom stereocenters. The van der Waals surface area contributed by atoms with Crippen molar-refractivity contribution in [1.29, 1.82) is 0 Å². The van der Waals surface area contributed by atoms with Crippen LogP contribution >= 0.6 is 0 Å². The number of likely N-dealkylation sites (N-methyl/N-ethyl adjacent to an activating group) is 1. The van der Waals surface area contributed by atoms with Crippen molar-refractivity contribution in [1.82, 2.24) is 5.32 Å². The molecule has 3 aromatic rings. The molecular weight excluding hydrogens is 583 g/mol. The number of aryl methyl sites for hydroxylation is 1. The zero-order valence-corrected chi connectivity index (χ0v) is 26.7. The lowest BCUT2D eigenvalue weighted by atomic mass is 9.79. The highest BCUT2D eigenvalue weighted by Crippen LogP contribution is 2.51. The first-order valence-corrected chi connectivity index (χ1v) is 14.8. The van der Waals surface area contributed by atoms with Crippen LogP contribution in [0.4, 0.5) is 27.6 Å². The molecule has 1 heterocycles. The van der Waals surface area contributed by atoms with Crippen LogP contribution in [0.15, 0.2) is 103 Å². The summed E-state index contributed by atoms with van der Waals surface area (Å²) >= 11 is 0. The van der Waals surface area contributed by atoms with Crippen LogP contribution in [-0.4, -0.2) is 24.9 Å². The van der Waals surface area contributed by atoms with Crippen LogP contribution in [0.2, 0.25) is 0 Å². The van der Waals surface area contributed by atoms with E-state index in [-0.39, 0.29) is 40.6 Å². The molecule has 0 aliphatic carbocycles. The number of nitrogens with zero attached hydrogens (tertiary/aromatic N) is 1. The van der Waals surface area contributed by atoms with Crippen LogP contribution in [0.5, 0.6) is 0 Å². The highest BCUT2D eigenvalue weighted by atomic mass is 19.4. The van der Waals surface area contributed by atoms with Gasteiger partial charge in [0.1, 0.15) is 17.4 Å². The fourth-order valence-corrected chi connectivity index (χ4v) is 4.85. The first-order chi connectivity index (χ1) is 21.2. The van der Waals surface area contributed by atoms with Gasteiger partial charge in [-0.3, -0.25) is 0 Å². The normalized spacial score (nSPS) is 13.1. The second-order valence-corrected chi connectivity index (χ2v) is 10.7. The second-order valence-electron chi connectivity index (χ2n) is 10.7. The molecule has 0 radical (unpaired) electrons. The SMILES string of the molecule is C=C(O)CNC(=C)c1c(F)cccc1F.C=C1C(C(CC)c2cccc(C)c2)=C(C(F)(F)F)c2ccccc2N1C.CCCC. The molecule has 0 spiro atoms. The van der Waals surface area contributed by atoms with Gasteiger partial charge in [-0.15, -0.1) is 0 Å². The molecule has 0 saturated carbocycles. The molecule has 8 heteroatoms. The molecule has 0 aromatic heterocycles. The second kappa shape index (κ2) is 16.7. The monoisotopic (exact) mass is 626 g/mol. The molecule has 2 N–H and O–H groups in total. The Hall–Kier alpha value is -4.33. The Bertz CT molecular complexity index is 1500. The summed E-state index contributed by atoms with van der Waals surface area (Å²) in [5.74, 6) is -1.89. The van der Waals surface area contributed by atoms with Crippen molar-refractivity contribution >= 4 is 17.0 Å². The van der Waals surface area contributed by atoms with Gasteiger partial charge in [-0.05, 0) is 42.7 Å². The highest BCUT2D eigenvalue weighted by Gasteiger charge is 2.44. The summed E-state index contributed by atoms with van der Waals surface area (Å²) in [4.78, 5) is 1.76. The number of aliphatic hydroxyl groups is 1. The van der Waals surface area contributed by atoms with Crippen LogP contribution in [0.1, 0.15) is 68.2 Å². The summed E-state index contributed by atoms with van der Waals surface area (Å²) in [7, 11) is 1.78. The van der Waals surface area contributed by atoms with Gasteiger partial charge in [-0.2, -0.15) is 13.2 Å². The minimum absolute atomic E-state index is 0.00656. The Kier molecular flexibility index (Phi) is 13.6. The van der Waals surface area contributed by atoms with Crippen molar-refractivity contribution in [2.45, 2.75) is 59.1 Å². The smallest absolute Gasteiger partial charge is 0.417 e. The van der Waals surface area contributed by atoms with Crippen molar-refractivity contribution in [3.05, 3.63) is 137 Å². The number of hydrogen-bond donors (Lipinski definition) is 2. The fourth-order valence-electron chi connectivity index (χ4n) is 4.85. The summed E-state index contributed by atoms with van der Waals surface area (Å²) in [5, 5.41) is 11.4. The van der Waals surface area contributed by atoms with E-state index in [0.29, 0.717) is 17.8 Å². The molecule has 45 heavy (non-hydrogen) atoms. The van der Waals surface area contributed by atoms with Gasteiger partial charge in [0, 0.05) is 35.6 Å². The number of rotatable bonds is 8. The van der Waals surface area contributed by atoms with Crippen molar-refractivity contribution in [3.8, 4) is 0 Å². The first-order valence-electron chi connectivity index (χ1n) is 14.8.